The van der Waals surface area contributed by atoms with Gasteiger partial charge in [0.2, 0.25) is 0 Å². The van der Waals surface area contributed by atoms with Crippen molar-refractivity contribution in [2.24, 2.45) is 4.99 Å². The zero-order chi connectivity index (χ0) is 19.3. The van der Waals surface area contributed by atoms with Crippen LogP contribution in [0.1, 0.15) is 24.3 Å². The Morgan fingerprint density at radius 3 is 2.93 bits per heavy atom. The van der Waals surface area contributed by atoms with Crippen molar-refractivity contribution >= 4 is 28.2 Å². The van der Waals surface area contributed by atoms with Gasteiger partial charge in [-0.1, -0.05) is 6.07 Å². The van der Waals surface area contributed by atoms with Crippen LogP contribution >= 0.6 is 11.3 Å². The van der Waals surface area contributed by atoms with Crippen LogP contribution in [0, 0.1) is 5.82 Å². The molecule has 0 aliphatic rings. The van der Waals surface area contributed by atoms with Gasteiger partial charge in [0.25, 0.3) is 0 Å². The Hall–Kier alpha value is -2.38. The molecule has 1 unspecified atom stereocenters. The number of benzene rings is 1. The van der Waals surface area contributed by atoms with Crippen molar-refractivity contribution in [3.05, 3.63) is 58.2 Å². The standard InChI is InChI=1S/C20H25FN4OS/c1-3-22-19(25-13-20(2,26)18-5-4-10-27-18)23-9-8-14-12-24-17-11-15(21)6-7-16(14)17/h4-7,10-12,24,26H,3,8-9,13H2,1-2H3,(H2,22,23,25). The van der Waals surface area contributed by atoms with Gasteiger partial charge in [-0.3, -0.25) is 0 Å². The van der Waals surface area contributed by atoms with Gasteiger partial charge in [0.15, 0.2) is 5.96 Å². The maximum atomic E-state index is 13.3. The van der Waals surface area contributed by atoms with Crippen LogP contribution in [-0.2, 0) is 12.0 Å². The van der Waals surface area contributed by atoms with Crippen molar-refractivity contribution in [3.63, 3.8) is 0 Å². The second-order valence-corrected chi connectivity index (χ2v) is 7.57. The Morgan fingerprint density at radius 1 is 1.33 bits per heavy atom. The highest BCUT2D eigenvalue weighted by atomic mass is 32.1. The number of aliphatic hydroxyl groups is 1. The normalized spacial score (nSPS) is 14.3. The lowest BCUT2D eigenvalue weighted by molar-refractivity contribution is 0.0711. The first kappa shape index (κ1) is 19.4. The molecule has 144 valence electrons. The van der Waals surface area contributed by atoms with E-state index in [-0.39, 0.29) is 12.4 Å². The fourth-order valence-electron chi connectivity index (χ4n) is 2.92. The highest BCUT2D eigenvalue weighted by Gasteiger charge is 2.23. The van der Waals surface area contributed by atoms with E-state index in [1.54, 1.807) is 13.0 Å². The Labute approximate surface area is 162 Å². The summed E-state index contributed by atoms with van der Waals surface area (Å²) >= 11 is 1.52. The lowest BCUT2D eigenvalue weighted by Crippen LogP contribution is -2.39. The maximum absolute atomic E-state index is 13.3. The van der Waals surface area contributed by atoms with Gasteiger partial charge in [-0.25, -0.2) is 9.38 Å². The number of H-pyrrole nitrogens is 1. The molecule has 2 aromatic heterocycles. The first-order valence-corrected chi connectivity index (χ1v) is 9.91. The lowest BCUT2D eigenvalue weighted by atomic mass is 10.1. The predicted octanol–water partition coefficient (Wildman–Crippen LogP) is 3.37. The van der Waals surface area contributed by atoms with Gasteiger partial charge in [0.05, 0.1) is 6.54 Å². The van der Waals surface area contributed by atoms with Crippen LogP contribution in [0.2, 0.25) is 0 Å². The molecule has 0 amide bonds. The summed E-state index contributed by atoms with van der Waals surface area (Å²) in [4.78, 5) is 8.53. The number of nitrogens with zero attached hydrogens (tertiary/aromatic N) is 1. The number of rotatable bonds is 7. The Balaban J connectivity index is 1.60. The van der Waals surface area contributed by atoms with Crippen LogP contribution in [0.5, 0.6) is 0 Å². The largest absolute Gasteiger partial charge is 0.383 e. The van der Waals surface area contributed by atoms with Crippen LogP contribution in [0.25, 0.3) is 10.9 Å². The number of halogens is 1. The van der Waals surface area contributed by atoms with E-state index in [1.807, 2.05) is 30.6 Å². The molecule has 0 aliphatic carbocycles. The van der Waals surface area contributed by atoms with Gasteiger partial charge in [-0.05, 0) is 55.5 Å². The minimum Gasteiger partial charge on any atom is -0.383 e. The topological polar surface area (TPSA) is 72.4 Å². The summed E-state index contributed by atoms with van der Waals surface area (Å²) in [5, 5.41) is 20.1. The quantitative estimate of drug-likeness (QED) is 0.370. The number of hydrogen-bond acceptors (Lipinski definition) is 3. The monoisotopic (exact) mass is 388 g/mol. The number of aromatic amines is 1. The molecule has 0 fully saturated rings. The van der Waals surface area contributed by atoms with E-state index in [2.05, 4.69) is 20.6 Å². The van der Waals surface area contributed by atoms with E-state index < -0.39 is 5.60 Å². The van der Waals surface area contributed by atoms with Crippen molar-refractivity contribution < 1.29 is 9.50 Å². The Morgan fingerprint density at radius 2 is 2.19 bits per heavy atom. The Bertz CT molecular complexity index is 902. The van der Waals surface area contributed by atoms with Crippen LogP contribution in [0.15, 0.2) is 46.9 Å². The number of thiophene rings is 1. The van der Waals surface area contributed by atoms with Gasteiger partial charge in [0, 0.05) is 35.1 Å². The highest BCUT2D eigenvalue weighted by molar-refractivity contribution is 7.10. The van der Waals surface area contributed by atoms with Crippen molar-refractivity contribution in [1.82, 2.24) is 15.6 Å². The molecular formula is C20H25FN4OS. The van der Waals surface area contributed by atoms with E-state index in [1.165, 1.54) is 23.5 Å². The summed E-state index contributed by atoms with van der Waals surface area (Å²) in [5.41, 5.74) is 0.939. The van der Waals surface area contributed by atoms with Gasteiger partial charge >= 0.3 is 0 Å². The molecule has 27 heavy (non-hydrogen) atoms. The Kier molecular flexibility index (Phi) is 6.13. The molecule has 0 saturated carbocycles. The van der Waals surface area contributed by atoms with Crippen molar-refractivity contribution in [2.75, 3.05) is 19.6 Å². The second-order valence-electron chi connectivity index (χ2n) is 6.63. The molecule has 0 radical (unpaired) electrons. The fraction of sp³-hybridized carbons (Fsp3) is 0.350. The van der Waals surface area contributed by atoms with E-state index in [9.17, 15) is 9.50 Å². The van der Waals surface area contributed by atoms with Crippen LogP contribution in [0.3, 0.4) is 0 Å². The number of guanidine groups is 1. The number of aromatic nitrogens is 1. The van der Waals surface area contributed by atoms with Crippen molar-refractivity contribution in [3.8, 4) is 0 Å². The summed E-state index contributed by atoms with van der Waals surface area (Å²) in [6.45, 7) is 5.46. The molecule has 5 nitrogen and oxygen atoms in total. The molecule has 2 heterocycles. The van der Waals surface area contributed by atoms with E-state index in [0.29, 0.717) is 12.5 Å². The summed E-state index contributed by atoms with van der Waals surface area (Å²) in [6, 6.07) is 8.62. The van der Waals surface area contributed by atoms with Crippen LogP contribution < -0.4 is 10.6 Å². The smallest absolute Gasteiger partial charge is 0.191 e. The number of fused-ring (bicyclic) bond motifs is 1. The van der Waals surface area contributed by atoms with Crippen molar-refractivity contribution in [1.29, 1.82) is 0 Å². The highest BCUT2D eigenvalue weighted by Crippen LogP contribution is 2.25. The van der Waals surface area contributed by atoms with Gasteiger partial charge in [0.1, 0.15) is 11.4 Å². The van der Waals surface area contributed by atoms with Crippen LogP contribution in [-0.4, -0.2) is 35.7 Å². The minimum atomic E-state index is -0.989. The van der Waals surface area contributed by atoms with Crippen LogP contribution in [0.4, 0.5) is 4.39 Å². The fourth-order valence-corrected chi connectivity index (χ4v) is 3.70. The molecule has 3 rings (SSSR count). The lowest BCUT2D eigenvalue weighted by Gasteiger charge is -2.20. The summed E-state index contributed by atoms with van der Waals surface area (Å²) < 4.78 is 13.3. The van der Waals surface area contributed by atoms with Gasteiger partial charge in [-0.15, -0.1) is 11.3 Å². The van der Waals surface area contributed by atoms with E-state index in [0.717, 1.165) is 34.3 Å². The number of nitrogens with one attached hydrogen (secondary N) is 3. The zero-order valence-corrected chi connectivity index (χ0v) is 16.4. The molecule has 0 spiro atoms. The predicted molar refractivity (Wildman–Crippen MR) is 110 cm³/mol. The minimum absolute atomic E-state index is 0.242. The number of aliphatic imine (C=N–C) groups is 1. The molecule has 3 aromatic rings. The molecule has 1 atom stereocenters. The number of hydrogen-bond donors (Lipinski definition) is 4. The van der Waals surface area contributed by atoms with E-state index >= 15 is 0 Å². The second kappa shape index (κ2) is 8.54. The first-order valence-electron chi connectivity index (χ1n) is 9.03. The molecule has 0 aliphatic heterocycles. The molecule has 1 aromatic carbocycles. The van der Waals surface area contributed by atoms with Gasteiger partial charge < -0.3 is 20.7 Å². The van der Waals surface area contributed by atoms with Gasteiger partial charge in [-0.2, -0.15) is 0 Å². The third-order valence-corrected chi connectivity index (χ3v) is 5.48. The SMILES string of the molecule is CCNC(=NCC(C)(O)c1cccs1)NCCc1c[nH]c2cc(F)ccc12. The molecule has 0 saturated heterocycles. The third kappa shape index (κ3) is 4.87. The summed E-state index contributed by atoms with van der Waals surface area (Å²) in [6.07, 6.45) is 2.69. The third-order valence-electron chi connectivity index (χ3n) is 4.36. The summed E-state index contributed by atoms with van der Waals surface area (Å²) in [7, 11) is 0. The zero-order valence-electron chi connectivity index (χ0n) is 15.6. The molecule has 0 bridgehead atoms. The molecule has 7 heteroatoms. The summed E-state index contributed by atoms with van der Waals surface area (Å²) in [5.74, 6) is 0.425. The van der Waals surface area contributed by atoms with Crippen molar-refractivity contribution in [2.45, 2.75) is 25.9 Å². The molecule has 4 N–H and O–H groups in total. The maximum Gasteiger partial charge on any atom is 0.191 e. The molecular weight excluding hydrogens is 363 g/mol. The average molecular weight is 389 g/mol. The van der Waals surface area contributed by atoms with E-state index in [4.69, 9.17) is 0 Å². The average Bonchev–Trinajstić information content (AvgIpc) is 3.30. The first-order chi connectivity index (χ1) is 13.0.